The van der Waals surface area contributed by atoms with Crippen molar-refractivity contribution >= 4 is 9.84 Å². The lowest BCUT2D eigenvalue weighted by Crippen LogP contribution is -2.49. The Morgan fingerprint density at radius 3 is 2.08 bits per heavy atom. The van der Waals surface area contributed by atoms with Crippen molar-refractivity contribution in [2.75, 3.05) is 6.26 Å². The van der Waals surface area contributed by atoms with E-state index < -0.39 is 20.7 Å². The summed E-state index contributed by atoms with van der Waals surface area (Å²) in [7, 11) is -3.17. The van der Waals surface area contributed by atoms with E-state index in [1.807, 2.05) is 0 Å². The second kappa shape index (κ2) is 3.24. The van der Waals surface area contributed by atoms with Crippen molar-refractivity contribution in [3.8, 4) is 0 Å². The van der Waals surface area contributed by atoms with Crippen molar-refractivity contribution in [3.05, 3.63) is 0 Å². The van der Waals surface area contributed by atoms with Gasteiger partial charge in [0.1, 0.15) is 0 Å². The van der Waals surface area contributed by atoms with Crippen molar-refractivity contribution in [1.82, 2.24) is 0 Å². The van der Waals surface area contributed by atoms with Crippen LogP contribution in [0, 0.1) is 5.92 Å². The molecule has 0 aromatic heterocycles. The predicted molar refractivity (Wildman–Crippen MR) is 52.3 cm³/mol. The predicted octanol–water partition coefficient (Wildman–Crippen LogP) is 0.971. The van der Waals surface area contributed by atoms with Crippen LogP contribution in [0.1, 0.15) is 33.1 Å². The minimum Gasteiger partial charge on any atom is -0.391 e. The first-order valence-electron chi connectivity index (χ1n) is 4.64. The lowest BCUT2D eigenvalue weighted by Gasteiger charge is -2.38. The molecule has 1 aliphatic carbocycles. The highest BCUT2D eigenvalue weighted by Crippen LogP contribution is 2.36. The number of hydrogen-bond donors (Lipinski definition) is 1. The molecular formula is C9H18O3S. The summed E-state index contributed by atoms with van der Waals surface area (Å²) < 4.78 is 21.8. The van der Waals surface area contributed by atoms with Crippen LogP contribution in [0.25, 0.3) is 0 Å². The Morgan fingerprint density at radius 1 is 1.38 bits per heavy atom. The quantitative estimate of drug-likeness (QED) is 0.748. The molecule has 1 rings (SSSR count). The fourth-order valence-corrected chi connectivity index (χ4v) is 2.17. The molecule has 78 valence electrons. The lowest BCUT2D eigenvalue weighted by molar-refractivity contribution is 0.0368. The van der Waals surface area contributed by atoms with Gasteiger partial charge in [0.15, 0.2) is 9.84 Å². The van der Waals surface area contributed by atoms with Gasteiger partial charge in [0.05, 0.1) is 10.9 Å². The van der Waals surface area contributed by atoms with E-state index in [0.717, 1.165) is 19.3 Å². The smallest absolute Gasteiger partial charge is 0.155 e. The Labute approximate surface area is 80.1 Å². The van der Waals surface area contributed by atoms with E-state index in [1.165, 1.54) is 6.26 Å². The van der Waals surface area contributed by atoms with Crippen LogP contribution < -0.4 is 0 Å². The highest BCUT2D eigenvalue weighted by atomic mass is 32.2. The molecule has 1 N–H and O–H groups in total. The van der Waals surface area contributed by atoms with Crippen LogP contribution in [0.2, 0.25) is 0 Å². The van der Waals surface area contributed by atoms with Gasteiger partial charge in [-0.15, -0.1) is 0 Å². The second-order valence-corrected chi connectivity index (χ2v) is 7.11. The molecule has 0 aromatic carbocycles. The maximum atomic E-state index is 11.4. The van der Waals surface area contributed by atoms with Crippen LogP contribution >= 0.6 is 0 Å². The average molecular weight is 206 g/mol. The highest BCUT2D eigenvalue weighted by Gasteiger charge is 2.43. The Hall–Kier alpha value is -0.0900. The standard InChI is InChI=1S/C9H18O3S/c1-9(2,13(3,11)12)8(10)7-5-4-6-7/h7-8,10H,4-6H2,1-3H3. The maximum Gasteiger partial charge on any atom is 0.155 e. The zero-order valence-corrected chi connectivity index (χ0v) is 9.26. The summed E-state index contributed by atoms with van der Waals surface area (Å²) >= 11 is 0. The molecule has 13 heavy (non-hydrogen) atoms. The van der Waals surface area contributed by atoms with Gasteiger partial charge < -0.3 is 5.11 Å². The summed E-state index contributed by atoms with van der Waals surface area (Å²) in [5.74, 6) is 0.185. The first-order chi connectivity index (χ1) is 5.77. The maximum absolute atomic E-state index is 11.4. The van der Waals surface area contributed by atoms with Gasteiger partial charge in [-0.2, -0.15) is 0 Å². The van der Waals surface area contributed by atoms with Crippen LogP contribution in [-0.4, -0.2) is 30.6 Å². The number of rotatable bonds is 3. The minimum absolute atomic E-state index is 0.185. The SMILES string of the molecule is CC(C)(C(O)C1CCC1)S(C)(=O)=O. The van der Waals surface area contributed by atoms with E-state index in [1.54, 1.807) is 13.8 Å². The van der Waals surface area contributed by atoms with E-state index in [-0.39, 0.29) is 5.92 Å². The summed E-state index contributed by atoms with van der Waals surface area (Å²) in [6, 6.07) is 0. The topological polar surface area (TPSA) is 54.4 Å². The van der Waals surface area contributed by atoms with Crippen molar-refractivity contribution in [2.45, 2.75) is 44.0 Å². The summed E-state index contributed by atoms with van der Waals surface area (Å²) in [6.07, 6.45) is 3.51. The molecule has 1 fully saturated rings. The zero-order chi connectivity index (χ0) is 10.3. The normalized spacial score (nSPS) is 22.5. The van der Waals surface area contributed by atoms with E-state index in [2.05, 4.69) is 0 Å². The van der Waals surface area contributed by atoms with Crippen LogP contribution in [-0.2, 0) is 9.84 Å². The second-order valence-electron chi connectivity index (χ2n) is 4.51. The highest BCUT2D eigenvalue weighted by molar-refractivity contribution is 7.92. The molecule has 0 spiro atoms. The van der Waals surface area contributed by atoms with Crippen LogP contribution in [0.5, 0.6) is 0 Å². The summed E-state index contributed by atoms with van der Waals surface area (Å²) in [6.45, 7) is 3.20. The van der Waals surface area contributed by atoms with Gasteiger partial charge in [-0.05, 0) is 32.6 Å². The fraction of sp³-hybridized carbons (Fsp3) is 1.00. The first-order valence-corrected chi connectivity index (χ1v) is 6.53. The molecule has 1 aliphatic rings. The number of hydrogen-bond acceptors (Lipinski definition) is 3. The molecule has 0 aromatic rings. The third kappa shape index (κ3) is 1.89. The summed E-state index contributed by atoms with van der Waals surface area (Å²) in [5.41, 5.74) is 0. The minimum atomic E-state index is -3.17. The van der Waals surface area contributed by atoms with E-state index in [0.29, 0.717) is 0 Å². The zero-order valence-electron chi connectivity index (χ0n) is 8.45. The monoisotopic (exact) mass is 206 g/mol. The third-order valence-corrected chi connectivity index (χ3v) is 5.42. The van der Waals surface area contributed by atoms with Gasteiger partial charge in [-0.1, -0.05) is 6.42 Å². The molecule has 3 nitrogen and oxygen atoms in total. The number of aliphatic hydroxyl groups is 1. The van der Waals surface area contributed by atoms with Gasteiger partial charge in [0, 0.05) is 6.26 Å². The largest absolute Gasteiger partial charge is 0.391 e. The van der Waals surface area contributed by atoms with Crippen LogP contribution in [0.3, 0.4) is 0 Å². The Kier molecular flexibility index (Phi) is 2.74. The molecule has 4 heteroatoms. The van der Waals surface area contributed by atoms with Crippen molar-refractivity contribution in [3.63, 3.8) is 0 Å². The fourth-order valence-electron chi connectivity index (χ4n) is 1.54. The van der Waals surface area contributed by atoms with E-state index in [4.69, 9.17) is 0 Å². The van der Waals surface area contributed by atoms with Gasteiger partial charge in [-0.3, -0.25) is 0 Å². The van der Waals surface area contributed by atoms with Crippen LogP contribution in [0.4, 0.5) is 0 Å². The first kappa shape index (κ1) is 11.0. The van der Waals surface area contributed by atoms with Gasteiger partial charge >= 0.3 is 0 Å². The van der Waals surface area contributed by atoms with Gasteiger partial charge in [0.25, 0.3) is 0 Å². The lowest BCUT2D eigenvalue weighted by atomic mass is 9.77. The summed E-state index contributed by atoms with van der Waals surface area (Å²) in [4.78, 5) is 0. The van der Waals surface area contributed by atoms with Crippen molar-refractivity contribution in [1.29, 1.82) is 0 Å². The number of aliphatic hydroxyl groups excluding tert-OH is 1. The molecule has 0 amide bonds. The molecular weight excluding hydrogens is 188 g/mol. The summed E-state index contributed by atoms with van der Waals surface area (Å²) in [5, 5.41) is 9.85. The third-order valence-electron chi connectivity index (χ3n) is 3.26. The molecule has 0 heterocycles. The molecule has 1 atom stereocenters. The Morgan fingerprint density at radius 2 is 1.85 bits per heavy atom. The van der Waals surface area contributed by atoms with Crippen molar-refractivity contribution < 1.29 is 13.5 Å². The Balaban J connectivity index is 2.79. The molecule has 0 radical (unpaired) electrons. The molecule has 1 saturated carbocycles. The van der Waals surface area contributed by atoms with Gasteiger partial charge in [0.2, 0.25) is 0 Å². The van der Waals surface area contributed by atoms with Crippen LogP contribution in [0.15, 0.2) is 0 Å². The van der Waals surface area contributed by atoms with E-state index >= 15 is 0 Å². The molecule has 1 unspecified atom stereocenters. The van der Waals surface area contributed by atoms with E-state index in [9.17, 15) is 13.5 Å². The van der Waals surface area contributed by atoms with Gasteiger partial charge in [-0.25, -0.2) is 8.42 Å². The van der Waals surface area contributed by atoms with Crippen molar-refractivity contribution in [2.24, 2.45) is 5.92 Å². The molecule has 0 saturated heterocycles. The number of sulfone groups is 1. The Bertz CT molecular complexity index is 275. The molecule has 0 bridgehead atoms. The molecule has 0 aliphatic heterocycles. The average Bonchev–Trinajstić information content (AvgIpc) is 1.80.